The second kappa shape index (κ2) is 8.62. The summed E-state index contributed by atoms with van der Waals surface area (Å²) in [6.07, 6.45) is -5.86. The van der Waals surface area contributed by atoms with E-state index >= 15 is 4.39 Å². The molecule has 0 spiro atoms. The molecule has 1 atom stereocenters. The summed E-state index contributed by atoms with van der Waals surface area (Å²) in [5.74, 6) is -1.76. The van der Waals surface area contributed by atoms with Gasteiger partial charge in [0.05, 0.1) is 40.5 Å². The highest BCUT2D eigenvalue weighted by Crippen LogP contribution is 2.50. The van der Waals surface area contributed by atoms with E-state index < -0.39 is 57.8 Å². The average molecular weight is 534 g/mol. The first-order valence-electron chi connectivity index (χ1n) is 9.94. The summed E-state index contributed by atoms with van der Waals surface area (Å²) in [5, 5.41) is 20.7. The van der Waals surface area contributed by atoms with Gasteiger partial charge in [-0.15, -0.1) is 0 Å². The van der Waals surface area contributed by atoms with Gasteiger partial charge in [0.1, 0.15) is 6.61 Å². The summed E-state index contributed by atoms with van der Waals surface area (Å²) >= 11 is 11.4. The van der Waals surface area contributed by atoms with Crippen LogP contribution in [0.1, 0.15) is 28.7 Å². The van der Waals surface area contributed by atoms with Crippen LogP contribution in [0.25, 0.3) is 0 Å². The number of likely N-dealkylation sites (tertiary alicyclic amines) is 1. The third-order valence-electron chi connectivity index (χ3n) is 5.96. The van der Waals surface area contributed by atoms with Crippen molar-refractivity contribution in [2.45, 2.75) is 23.9 Å². The van der Waals surface area contributed by atoms with Crippen molar-refractivity contribution in [1.29, 1.82) is 5.26 Å². The fourth-order valence-corrected chi connectivity index (χ4v) is 4.55. The molecule has 2 aromatic rings. The quantitative estimate of drug-likeness (QED) is 0.460. The molecule has 2 aliphatic rings. The number of rotatable bonds is 4. The lowest BCUT2D eigenvalue weighted by molar-refractivity contribution is -0.275. The number of benzene rings is 2. The number of nitriles is 1. The van der Waals surface area contributed by atoms with Crippen molar-refractivity contribution < 1.29 is 36.7 Å². The highest BCUT2D eigenvalue weighted by atomic mass is 35.5. The summed E-state index contributed by atoms with van der Waals surface area (Å²) in [5.41, 5.74) is -5.98. The minimum Gasteiger partial charge on any atom is -0.387 e. The van der Waals surface area contributed by atoms with E-state index in [2.05, 4.69) is 5.16 Å². The molecule has 1 N–H and O–H groups in total. The minimum absolute atomic E-state index is 0.0514. The summed E-state index contributed by atoms with van der Waals surface area (Å²) in [6, 6.07) is 7.00. The Hall–Kier alpha value is -2.94. The van der Waals surface area contributed by atoms with Crippen LogP contribution >= 0.6 is 23.2 Å². The van der Waals surface area contributed by atoms with Gasteiger partial charge < -0.3 is 14.8 Å². The van der Waals surface area contributed by atoms with Crippen LogP contribution in [-0.4, -0.2) is 47.5 Å². The summed E-state index contributed by atoms with van der Waals surface area (Å²) < 4.78 is 71.6. The zero-order valence-corrected chi connectivity index (χ0v) is 19.0. The van der Waals surface area contributed by atoms with Crippen molar-refractivity contribution in [2.24, 2.45) is 5.16 Å². The van der Waals surface area contributed by atoms with Crippen LogP contribution in [0.15, 0.2) is 35.5 Å². The Morgan fingerprint density at radius 3 is 2.40 bits per heavy atom. The predicted molar refractivity (Wildman–Crippen MR) is 114 cm³/mol. The number of aliphatic hydroxyl groups excluding tert-OH is 1. The van der Waals surface area contributed by atoms with Crippen LogP contribution in [0.4, 0.5) is 22.0 Å². The largest absolute Gasteiger partial charge is 0.435 e. The van der Waals surface area contributed by atoms with Crippen molar-refractivity contribution >= 4 is 34.8 Å². The first-order chi connectivity index (χ1) is 16.3. The fraction of sp³-hybridized carbons (Fsp3) is 0.318. The number of alkyl halides is 4. The second-order valence-electron chi connectivity index (χ2n) is 8.13. The lowest BCUT2D eigenvalue weighted by Crippen LogP contribution is -2.59. The second-order valence-corrected chi connectivity index (χ2v) is 8.94. The summed E-state index contributed by atoms with van der Waals surface area (Å²) in [4.78, 5) is 17.4. The van der Waals surface area contributed by atoms with Gasteiger partial charge >= 0.3 is 6.18 Å². The van der Waals surface area contributed by atoms with Crippen LogP contribution in [0, 0.1) is 17.1 Å². The molecule has 35 heavy (non-hydrogen) atoms. The Kier molecular flexibility index (Phi) is 6.20. The first kappa shape index (κ1) is 25.2. The monoisotopic (exact) mass is 533 g/mol. The highest BCUT2D eigenvalue weighted by molar-refractivity contribution is 6.35. The van der Waals surface area contributed by atoms with Crippen LogP contribution in [0.2, 0.25) is 10.0 Å². The molecule has 1 unspecified atom stereocenters. The molecule has 6 nitrogen and oxygen atoms in total. The molecule has 0 saturated carbocycles. The normalized spacial score (nSPS) is 21.1. The Bertz CT molecular complexity index is 1270. The molecule has 0 radical (unpaired) electrons. The van der Waals surface area contributed by atoms with Crippen molar-refractivity contribution in [2.75, 3.05) is 19.7 Å². The Labute approximate surface area is 205 Å². The summed E-state index contributed by atoms with van der Waals surface area (Å²) in [7, 11) is 0. The number of oxime groups is 1. The van der Waals surface area contributed by atoms with Gasteiger partial charge in [-0.1, -0.05) is 40.5 Å². The lowest BCUT2D eigenvalue weighted by atomic mass is 9.82. The van der Waals surface area contributed by atoms with Crippen molar-refractivity contribution in [3.05, 3.63) is 68.4 Å². The molecule has 0 bridgehead atoms. The number of nitrogens with zero attached hydrogens (tertiary/aromatic N) is 3. The van der Waals surface area contributed by atoms with Crippen LogP contribution in [0.3, 0.4) is 0 Å². The van der Waals surface area contributed by atoms with Gasteiger partial charge in [-0.2, -0.15) is 18.4 Å². The van der Waals surface area contributed by atoms with Gasteiger partial charge in [-0.05, 0) is 18.2 Å². The topological polar surface area (TPSA) is 85.9 Å². The molecule has 184 valence electrons. The van der Waals surface area contributed by atoms with E-state index in [1.807, 2.05) is 6.07 Å². The number of hydrogen-bond donors (Lipinski definition) is 1. The van der Waals surface area contributed by atoms with Crippen LogP contribution in [-0.2, 0) is 20.9 Å². The van der Waals surface area contributed by atoms with E-state index in [9.17, 15) is 27.6 Å². The zero-order valence-electron chi connectivity index (χ0n) is 17.5. The van der Waals surface area contributed by atoms with E-state index in [1.165, 1.54) is 18.2 Å². The van der Waals surface area contributed by atoms with Crippen LogP contribution < -0.4 is 0 Å². The number of halogens is 7. The fourth-order valence-electron chi connectivity index (χ4n) is 4.06. The molecular weight excluding hydrogens is 520 g/mol. The number of carbonyl (C=O) groups is 1. The lowest BCUT2D eigenvalue weighted by Gasteiger charge is -2.44. The maximum Gasteiger partial charge on any atom is 0.435 e. The Morgan fingerprint density at radius 1 is 1.23 bits per heavy atom. The standard InChI is InChI=1S/C22H14Cl2F5N3O3/c23-15-4-13(5-16(24)19(15)25)21(22(27,28)29)6-17(31-35-21)11-1-2-14(12(3-11)7-30)20(26)9-32(10-20)18(34)8-33/h1-5,33H,6,8-10H2. The van der Waals surface area contributed by atoms with E-state index in [0.717, 1.165) is 17.0 Å². The molecule has 2 aliphatic heterocycles. The van der Waals surface area contributed by atoms with Crippen LogP contribution in [0.5, 0.6) is 0 Å². The number of carbonyl (C=O) groups excluding carboxylic acids is 1. The average Bonchev–Trinajstić information content (AvgIpc) is 3.26. The van der Waals surface area contributed by atoms with Gasteiger partial charge in [-0.3, -0.25) is 4.79 Å². The number of aliphatic hydroxyl groups is 1. The highest BCUT2D eigenvalue weighted by Gasteiger charge is 2.62. The van der Waals surface area contributed by atoms with Gasteiger partial charge in [0.25, 0.3) is 5.60 Å². The minimum atomic E-state index is -5.02. The molecule has 4 rings (SSSR count). The van der Waals surface area contributed by atoms with Crippen molar-refractivity contribution in [1.82, 2.24) is 4.90 Å². The third kappa shape index (κ3) is 4.09. The van der Waals surface area contributed by atoms with E-state index in [4.69, 9.17) is 33.1 Å². The Morgan fingerprint density at radius 2 is 1.86 bits per heavy atom. The third-order valence-corrected chi connectivity index (χ3v) is 6.51. The van der Waals surface area contributed by atoms with Crippen molar-refractivity contribution in [3.63, 3.8) is 0 Å². The van der Waals surface area contributed by atoms with Gasteiger partial charge in [0, 0.05) is 23.1 Å². The molecule has 13 heteroatoms. The van der Waals surface area contributed by atoms with Gasteiger partial charge in [0.15, 0.2) is 11.5 Å². The van der Waals surface area contributed by atoms with Gasteiger partial charge in [0.2, 0.25) is 5.91 Å². The van der Waals surface area contributed by atoms with Gasteiger partial charge in [-0.25, -0.2) is 8.78 Å². The molecule has 1 fully saturated rings. The molecule has 1 saturated heterocycles. The number of amides is 1. The molecule has 0 aliphatic carbocycles. The predicted octanol–water partition coefficient (Wildman–Crippen LogP) is 4.59. The summed E-state index contributed by atoms with van der Waals surface area (Å²) in [6.45, 7) is -1.55. The maximum absolute atomic E-state index is 15.3. The smallest absolute Gasteiger partial charge is 0.387 e. The molecule has 2 heterocycles. The zero-order chi connectivity index (χ0) is 25.8. The maximum atomic E-state index is 15.3. The van der Waals surface area contributed by atoms with E-state index in [-0.39, 0.29) is 35.5 Å². The molecule has 2 aromatic carbocycles. The van der Waals surface area contributed by atoms with E-state index in [1.54, 1.807) is 0 Å². The van der Waals surface area contributed by atoms with E-state index in [0.29, 0.717) is 0 Å². The Balaban J connectivity index is 1.66. The first-order valence-corrected chi connectivity index (χ1v) is 10.7. The van der Waals surface area contributed by atoms with Crippen molar-refractivity contribution in [3.8, 4) is 6.07 Å². The SMILES string of the molecule is N#Cc1cc(C2=NOC(c3cc(Cl)c(F)c(Cl)c3)(C(F)(F)F)C2)ccc1C1(F)CN(C(=O)CO)C1. The molecule has 1 amide bonds. The molecule has 0 aromatic heterocycles. The number of hydrogen-bond acceptors (Lipinski definition) is 5. The molecular formula is C22H14Cl2F5N3O3.